The Morgan fingerprint density at radius 2 is 1.88 bits per heavy atom. The van der Waals surface area contributed by atoms with E-state index in [1.54, 1.807) is 6.20 Å². The largest absolute Gasteiger partial charge is 0.378 e. The van der Waals surface area contributed by atoms with E-state index in [0.29, 0.717) is 0 Å². The molecule has 1 N–H and O–H groups in total. The number of halogens is 1. The molecule has 4 rings (SSSR count). The zero-order valence-electron chi connectivity index (χ0n) is 14.7. The van der Waals surface area contributed by atoms with E-state index >= 15 is 0 Å². The Kier molecular flexibility index (Phi) is 5.04. The number of nitrogens with zero attached hydrogens (tertiary/aromatic N) is 3. The first kappa shape index (κ1) is 17.2. The number of ether oxygens (including phenoxy) is 1. The molecule has 1 aliphatic heterocycles. The fraction of sp³-hybridized carbons (Fsp3) is 0.300. The average molecular weight is 413 g/mol. The molecule has 0 aliphatic carbocycles. The highest BCUT2D eigenvalue weighted by Crippen LogP contribution is 2.27. The van der Waals surface area contributed by atoms with Crippen LogP contribution in [0.3, 0.4) is 0 Å². The van der Waals surface area contributed by atoms with Crippen LogP contribution in [0.25, 0.3) is 11.0 Å². The highest BCUT2D eigenvalue weighted by Gasteiger charge is 2.13. The van der Waals surface area contributed by atoms with Gasteiger partial charge < -0.3 is 15.0 Å². The molecule has 0 radical (unpaired) electrons. The van der Waals surface area contributed by atoms with Gasteiger partial charge in [-0.1, -0.05) is 12.1 Å². The zero-order valence-corrected chi connectivity index (χ0v) is 16.2. The summed E-state index contributed by atoms with van der Waals surface area (Å²) in [4.78, 5) is 11.3. The molecule has 1 unspecified atom stereocenters. The van der Waals surface area contributed by atoms with Crippen LogP contribution in [0.5, 0.6) is 0 Å². The van der Waals surface area contributed by atoms with E-state index < -0.39 is 0 Å². The number of hydrogen-bond acceptors (Lipinski definition) is 5. The maximum atomic E-state index is 5.43. The van der Waals surface area contributed by atoms with Crippen LogP contribution >= 0.6 is 15.9 Å². The first-order valence-electron chi connectivity index (χ1n) is 8.80. The molecule has 0 bridgehead atoms. The monoisotopic (exact) mass is 412 g/mol. The minimum atomic E-state index is 0.171. The van der Waals surface area contributed by atoms with E-state index in [-0.39, 0.29) is 6.04 Å². The van der Waals surface area contributed by atoms with Crippen molar-refractivity contribution in [3.05, 3.63) is 58.8 Å². The van der Waals surface area contributed by atoms with Crippen molar-refractivity contribution in [1.29, 1.82) is 0 Å². The number of hydrogen-bond donors (Lipinski definition) is 1. The second kappa shape index (κ2) is 7.60. The Labute approximate surface area is 161 Å². The van der Waals surface area contributed by atoms with Crippen LogP contribution in [0.4, 0.5) is 11.4 Å². The number of pyridine rings is 2. The lowest BCUT2D eigenvalue weighted by molar-refractivity contribution is 0.122. The van der Waals surface area contributed by atoms with Gasteiger partial charge >= 0.3 is 0 Å². The second-order valence-corrected chi connectivity index (χ2v) is 7.35. The first-order chi connectivity index (χ1) is 12.7. The van der Waals surface area contributed by atoms with Crippen LogP contribution in [0.2, 0.25) is 0 Å². The Bertz CT molecular complexity index is 894. The number of nitrogens with one attached hydrogen (secondary N) is 1. The molecule has 1 atom stereocenters. The van der Waals surface area contributed by atoms with E-state index in [1.165, 1.54) is 11.3 Å². The van der Waals surface area contributed by atoms with Gasteiger partial charge in [0.05, 0.1) is 24.4 Å². The van der Waals surface area contributed by atoms with Crippen LogP contribution in [-0.2, 0) is 4.74 Å². The fourth-order valence-corrected chi connectivity index (χ4v) is 3.55. The summed E-state index contributed by atoms with van der Waals surface area (Å²) in [7, 11) is 0. The standard InChI is InChI=1S/C20H21BrN4O/c1-14(15-2-4-17(5-3-15)25-8-10-26-11-9-25)24-18-6-7-22-19-12-16(21)13-23-20(18)19/h2-7,12-14H,8-11H2,1H3,(H,22,24). The van der Waals surface area contributed by atoms with Crippen molar-refractivity contribution in [2.75, 3.05) is 36.5 Å². The summed E-state index contributed by atoms with van der Waals surface area (Å²) in [6, 6.07) is 12.9. The Morgan fingerprint density at radius 1 is 1.12 bits per heavy atom. The summed E-state index contributed by atoms with van der Waals surface area (Å²) < 4.78 is 6.36. The van der Waals surface area contributed by atoms with Crippen molar-refractivity contribution in [3.63, 3.8) is 0 Å². The number of aromatic nitrogens is 2. The third-order valence-corrected chi connectivity index (χ3v) is 5.12. The summed E-state index contributed by atoms with van der Waals surface area (Å²) in [6.45, 7) is 5.68. The van der Waals surface area contributed by atoms with Gasteiger partial charge in [-0.05, 0) is 52.7 Å². The van der Waals surface area contributed by atoms with Crippen molar-refractivity contribution in [2.45, 2.75) is 13.0 Å². The van der Waals surface area contributed by atoms with Gasteiger partial charge in [0, 0.05) is 41.7 Å². The molecule has 3 heterocycles. The summed E-state index contributed by atoms with van der Waals surface area (Å²) in [6.07, 6.45) is 3.62. The minimum absolute atomic E-state index is 0.171. The van der Waals surface area contributed by atoms with Gasteiger partial charge in [-0.25, -0.2) is 0 Å². The Morgan fingerprint density at radius 3 is 2.65 bits per heavy atom. The molecule has 1 fully saturated rings. The number of morpholine rings is 1. The third kappa shape index (κ3) is 3.66. The normalized spacial score (nSPS) is 15.8. The van der Waals surface area contributed by atoms with E-state index in [4.69, 9.17) is 4.74 Å². The Hall–Kier alpha value is -2.18. The maximum Gasteiger partial charge on any atom is 0.112 e. The predicted octanol–water partition coefficient (Wildman–Crippen LogP) is 4.40. The second-order valence-electron chi connectivity index (χ2n) is 6.44. The molecule has 1 aliphatic rings. The average Bonchev–Trinajstić information content (AvgIpc) is 2.69. The molecule has 6 heteroatoms. The van der Waals surface area contributed by atoms with E-state index in [9.17, 15) is 0 Å². The van der Waals surface area contributed by atoms with Crippen molar-refractivity contribution >= 4 is 38.3 Å². The summed E-state index contributed by atoms with van der Waals surface area (Å²) in [5, 5.41) is 3.57. The molecule has 5 nitrogen and oxygen atoms in total. The minimum Gasteiger partial charge on any atom is -0.378 e. The van der Waals surface area contributed by atoms with Gasteiger partial charge in [0.15, 0.2) is 0 Å². The fourth-order valence-electron chi connectivity index (χ4n) is 3.23. The first-order valence-corrected chi connectivity index (χ1v) is 9.59. The number of rotatable bonds is 4. The molecule has 0 saturated carbocycles. The highest BCUT2D eigenvalue weighted by molar-refractivity contribution is 9.10. The van der Waals surface area contributed by atoms with Crippen molar-refractivity contribution in [2.24, 2.45) is 0 Å². The highest BCUT2D eigenvalue weighted by atomic mass is 79.9. The molecule has 134 valence electrons. The van der Waals surface area contributed by atoms with Gasteiger partial charge in [0.1, 0.15) is 5.52 Å². The van der Waals surface area contributed by atoms with Gasteiger partial charge in [-0.2, -0.15) is 0 Å². The van der Waals surface area contributed by atoms with Gasteiger partial charge in [-0.15, -0.1) is 0 Å². The van der Waals surface area contributed by atoms with E-state index in [2.05, 4.69) is 67.3 Å². The van der Waals surface area contributed by atoms with Crippen LogP contribution in [0, 0.1) is 0 Å². The van der Waals surface area contributed by atoms with Gasteiger partial charge in [0.25, 0.3) is 0 Å². The number of fused-ring (bicyclic) bond motifs is 1. The molecule has 1 saturated heterocycles. The quantitative estimate of drug-likeness (QED) is 0.687. The van der Waals surface area contributed by atoms with Crippen molar-refractivity contribution < 1.29 is 4.74 Å². The van der Waals surface area contributed by atoms with Crippen LogP contribution in [0.15, 0.2) is 53.3 Å². The number of benzene rings is 1. The lowest BCUT2D eigenvalue weighted by atomic mass is 10.1. The molecular weight excluding hydrogens is 392 g/mol. The van der Waals surface area contributed by atoms with E-state index in [1.807, 2.05) is 18.3 Å². The smallest absolute Gasteiger partial charge is 0.112 e. The third-order valence-electron chi connectivity index (χ3n) is 4.69. The summed E-state index contributed by atoms with van der Waals surface area (Å²) in [5.41, 5.74) is 5.24. The lowest BCUT2D eigenvalue weighted by Crippen LogP contribution is -2.36. The van der Waals surface area contributed by atoms with Gasteiger partial charge in [0.2, 0.25) is 0 Å². The van der Waals surface area contributed by atoms with Crippen LogP contribution in [-0.4, -0.2) is 36.3 Å². The summed E-state index contributed by atoms with van der Waals surface area (Å²) >= 11 is 3.45. The van der Waals surface area contributed by atoms with Crippen molar-refractivity contribution in [1.82, 2.24) is 9.97 Å². The Balaban J connectivity index is 1.52. The molecule has 0 spiro atoms. The molecule has 26 heavy (non-hydrogen) atoms. The SMILES string of the molecule is CC(Nc1ccnc2cc(Br)cnc12)c1ccc(N2CCOCC2)cc1. The molecule has 1 aromatic carbocycles. The maximum absolute atomic E-state index is 5.43. The molecular formula is C20H21BrN4O. The topological polar surface area (TPSA) is 50.3 Å². The summed E-state index contributed by atoms with van der Waals surface area (Å²) in [5.74, 6) is 0. The van der Waals surface area contributed by atoms with Crippen LogP contribution in [0.1, 0.15) is 18.5 Å². The zero-order chi connectivity index (χ0) is 17.9. The van der Waals surface area contributed by atoms with E-state index in [0.717, 1.165) is 47.5 Å². The number of anilines is 2. The van der Waals surface area contributed by atoms with Crippen LogP contribution < -0.4 is 10.2 Å². The predicted molar refractivity (Wildman–Crippen MR) is 109 cm³/mol. The molecule has 3 aromatic rings. The molecule has 0 amide bonds. The molecule has 2 aromatic heterocycles. The van der Waals surface area contributed by atoms with Gasteiger partial charge in [-0.3, -0.25) is 9.97 Å². The lowest BCUT2D eigenvalue weighted by Gasteiger charge is -2.29. The van der Waals surface area contributed by atoms with Crippen molar-refractivity contribution in [3.8, 4) is 0 Å².